The summed E-state index contributed by atoms with van der Waals surface area (Å²) in [6, 6.07) is 6.63. The fourth-order valence-electron chi connectivity index (χ4n) is 4.44. The van der Waals surface area contributed by atoms with E-state index < -0.39 is 38.0 Å². The third kappa shape index (κ3) is 6.47. The van der Waals surface area contributed by atoms with Crippen molar-refractivity contribution in [2.75, 3.05) is 4.72 Å². The van der Waals surface area contributed by atoms with Crippen molar-refractivity contribution in [1.29, 1.82) is 0 Å². The first-order chi connectivity index (χ1) is 17.7. The normalized spacial score (nSPS) is 20.2. The highest BCUT2D eigenvalue weighted by Crippen LogP contribution is 2.36. The molecule has 0 radical (unpaired) electrons. The third-order valence-electron chi connectivity index (χ3n) is 6.32. The summed E-state index contributed by atoms with van der Waals surface area (Å²) in [6.07, 6.45) is 3.36. The highest BCUT2D eigenvalue weighted by atomic mass is 35.5. The predicted octanol–water partition coefficient (Wildman–Crippen LogP) is 7.02. The van der Waals surface area contributed by atoms with E-state index in [2.05, 4.69) is 15.0 Å². The molecule has 2 aromatic carbocycles. The van der Waals surface area contributed by atoms with Crippen molar-refractivity contribution in [2.45, 2.75) is 75.5 Å². The lowest BCUT2D eigenvalue weighted by atomic mass is 9.82. The van der Waals surface area contributed by atoms with Crippen LogP contribution in [0.25, 0.3) is 10.9 Å². The van der Waals surface area contributed by atoms with Crippen molar-refractivity contribution < 1.29 is 27.1 Å². The quantitative estimate of drug-likeness (QED) is 0.288. The second kappa shape index (κ2) is 10.5. The molecule has 0 saturated heterocycles. The summed E-state index contributed by atoms with van der Waals surface area (Å²) in [6.45, 7) is 7.37. The lowest BCUT2D eigenvalue weighted by molar-refractivity contribution is 0.0387. The zero-order chi connectivity index (χ0) is 27.9. The third-order valence-corrected chi connectivity index (χ3v) is 8.33. The van der Waals surface area contributed by atoms with Gasteiger partial charge in [-0.1, -0.05) is 23.2 Å². The van der Waals surface area contributed by atoms with Crippen LogP contribution < -0.4 is 14.8 Å². The minimum atomic E-state index is -4.27. The fourth-order valence-corrected chi connectivity index (χ4v) is 6.13. The first-order valence-electron chi connectivity index (χ1n) is 12.1. The summed E-state index contributed by atoms with van der Waals surface area (Å²) >= 11 is 12.3. The molecule has 1 aromatic heterocycles. The van der Waals surface area contributed by atoms with Gasteiger partial charge >= 0.3 is 6.09 Å². The summed E-state index contributed by atoms with van der Waals surface area (Å²) in [5.41, 5.74) is -0.456. The van der Waals surface area contributed by atoms with Crippen LogP contribution in [0.15, 0.2) is 41.4 Å². The van der Waals surface area contributed by atoms with E-state index in [1.807, 2.05) is 6.92 Å². The smallest absolute Gasteiger partial charge is 0.408 e. The number of halogens is 3. The number of hydrogen-bond acceptors (Lipinski definition) is 5. The Morgan fingerprint density at radius 3 is 2.45 bits per heavy atom. The molecule has 4 rings (SSSR count). The van der Waals surface area contributed by atoms with Crippen LogP contribution in [0, 0.1) is 5.82 Å². The van der Waals surface area contributed by atoms with Crippen molar-refractivity contribution in [1.82, 2.24) is 10.3 Å². The van der Waals surface area contributed by atoms with Crippen LogP contribution in [0.2, 0.25) is 10.0 Å². The molecule has 0 unspecified atom stereocenters. The topological polar surface area (TPSA) is 110 Å². The summed E-state index contributed by atoms with van der Waals surface area (Å²) in [4.78, 5) is 14.5. The average molecular weight is 587 g/mol. The van der Waals surface area contributed by atoms with Gasteiger partial charge in [0.15, 0.2) is 0 Å². The summed E-state index contributed by atoms with van der Waals surface area (Å²) in [7, 11) is -4.27. The lowest BCUT2D eigenvalue weighted by Crippen LogP contribution is -2.51. The Bertz CT molecular complexity index is 1460. The average Bonchev–Trinajstić information content (AvgIpc) is 3.18. The SMILES string of the molecule is CC1(NC(=O)OC(C)(C)C)CCC(Oc2ccc(S(=O)(=O)Nc3ccc(Cl)c4c(Cl)c[nH]c34)c(F)c2)CC1. The van der Waals surface area contributed by atoms with Crippen molar-refractivity contribution in [2.24, 2.45) is 0 Å². The maximum atomic E-state index is 15.0. The van der Waals surface area contributed by atoms with Crippen LogP contribution in [0.4, 0.5) is 14.9 Å². The number of benzene rings is 2. The molecular weight excluding hydrogens is 556 g/mol. The van der Waals surface area contributed by atoms with Gasteiger partial charge < -0.3 is 19.8 Å². The molecule has 0 spiro atoms. The molecule has 8 nitrogen and oxygen atoms in total. The number of hydrogen-bond donors (Lipinski definition) is 3. The van der Waals surface area contributed by atoms with E-state index in [9.17, 15) is 17.6 Å². The van der Waals surface area contributed by atoms with E-state index >= 15 is 0 Å². The molecular formula is C26H30Cl2FN3O5S. The Labute approximate surface area is 231 Å². The largest absolute Gasteiger partial charge is 0.490 e. The molecule has 0 bridgehead atoms. The number of alkyl carbamates (subject to hydrolysis) is 1. The molecule has 1 fully saturated rings. The minimum absolute atomic E-state index is 0.182. The molecule has 1 saturated carbocycles. The van der Waals surface area contributed by atoms with Gasteiger partial charge in [0.1, 0.15) is 22.1 Å². The number of sulfonamides is 1. The Morgan fingerprint density at radius 1 is 1.13 bits per heavy atom. The van der Waals surface area contributed by atoms with Gasteiger partial charge in [-0.15, -0.1) is 0 Å². The highest BCUT2D eigenvalue weighted by molar-refractivity contribution is 7.92. The molecule has 206 valence electrons. The van der Waals surface area contributed by atoms with Gasteiger partial charge in [-0.25, -0.2) is 17.6 Å². The molecule has 0 aliphatic heterocycles. The molecule has 0 atom stereocenters. The zero-order valence-corrected chi connectivity index (χ0v) is 23.8. The first-order valence-corrected chi connectivity index (χ1v) is 14.3. The number of ether oxygens (including phenoxy) is 2. The van der Waals surface area contributed by atoms with Gasteiger partial charge in [-0.05, 0) is 77.6 Å². The number of aromatic nitrogens is 1. The van der Waals surface area contributed by atoms with Crippen LogP contribution in [0.3, 0.4) is 0 Å². The summed E-state index contributed by atoms with van der Waals surface area (Å²) < 4.78 is 54.6. The maximum absolute atomic E-state index is 15.0. The van der Waals surface area contributed by atoms with Crippen LogP contribution in [0.5, 0.6) is 5.75 Å². The predicted molar refractivity (Wildman–Crippen MR) is 146 cm³/mol. The van der Waals surface area contributed by atoms with Crippen LogP contribution >= 0.6 is 23.2 Å². The number of amides is 1. The van der Waals surface area contributed by atoms with Crippen molar-refractivity contribution in [3.05, 3.63) is 52.4 Å². The summed E-state index contributed by atoms with van der Waals surface area (Å²) in [5, 5.41) is 4.09. The minimum Gasteiger partial charge on any atom is -0.490 e. The standard InChI is InChI=1S/C26H30Cl2FN3O5S/c1-25(2,3)37-24(33)31-26(4)11-9-15(10-12-26)36-16-5-8-21(19(29)13-16)38(34,35)32-20-7-6-17(27)22-18(28)14-30-23(20)22/h5-8,13-15,30,32H,9-12H2,1-4H3,(H,31,33). The van der Waals surface area contributed by atoms with Crippen LogP contribution in [-0.4, -0.2) is 36.7 Å². The Morgan fingerprint density at radius 2 is 1.82 bits per heavy atom. The fraction of sp³-hybridized carbons (Fsp3) is 0.423. The van der Waals surface area contributed by atoms with Crippen molar-refractivity contribution in [3.8, 4) is 5.75 Å². The number of aromatic amines is 1. The van der Waals surface area contributed by atoms with Crippen molar-refractivity contribution >= 4 is 55.9 Å². The number of rotatable bonds is 6. The molecule has 12 heteroatoms. The monoisotopic (exact) mass is 585 g/mol. The van der Waals surface area contributed by atoms with Crippen molar-refractivity contribution in [3.63, 3.8) is 0 Å². The maximum Gasteiger partial charge on any atom is 0.408 e. The second-order valence-electron chi connectivity index (χ2n) is 10.7. The number of carbonyl (C=O) groups excluding carboxylic acids is 1. The Kier molecular flexibility index (Phi) is 7.80. The number of H-pyrrole nitrogens is 1. The molecule has 38 heavy (non-hydrogen) atoms. The molecule has 1 heterocycles. The van der Waals surface area contributed by atoms with Gasteiger partial charge in [0.05, 0.1) is 27.4 Å². The highest BCUT2D eigenvalue weighted by Gasteiger charge is 2.35. The van der Waals surface area contributed by atoms with Crippen LogP contribution in [0.1, 0.15) is 53.4 Å². The number of carbonyl (C=O) groups is 1. The molecule has 1 aliphatic carbocycles. The number of nitrogens with one attached hydrogen (secondary N) is 3. The number of anilines is 1. The molecule has 3 aromatic rings. The van der Waals surface area contributed by atoms with Gasteiger partial charge in [-0.3, -0.25) is 4.72 Å². The molecule has 1 amide bonds. The van der Waals surface area contributed by atoms with Gasteiger partial charge in [0.2, 0.25) is 0 Å². The summed E-state index contributed by atoms with van der Waals surface area (Å²) in [5.74, 6) is -0.725. The first kappa shape index (κ1) is 28.3. The lowest BCUT2D eigenvalue weighted by Gasteiger charge is -2.38. The van der Waals surface area contributed by atoms with Gasteiger partial charge in [-0.2, -0.15) is 0 Å². The van der Waals surface area contributed by atoms with E-state index in [0.29, 0.717) is 46.6 Å². The van der Waals surface area contributed by atoms with Gasteiger partial charge in [0, 0.05) is 23.2 Å². The Hall–Kier alpha value is -2.69. The molecule has 1 aliphatic rings. The van der Waals surface area contributed by atoms with E-state index in [1.165, 1.54) is 30.5 Å². The van der Waals surface area contributed by atoms with E-state index in [1.54, 1.807) is 20.8 Å². The van der Waals surface area contributed by atoms with E-state index in [0.717, 1.165) is 6.07 Å². The van der Waals surface area contributed by atoms with E-state index in [-0.39, 0.29) is 17.5 Å². The number of fused-ring (bicyclic) bond motifs is 1. The zero-order valence-electron chi connectivity index (χ0n) is 21.5. The van der Waals surface area contributed by atoms with Crippen LogP contribution in [-0.2, 0) is 14.8 Å². The van der Waals surface area contributed by atoms with E-state index in [4.69, 9.17) is 32.7 Å². The molecule has 3 N–H and O–H groups in total. The second-order valence-corrected chi connectivity index (χ2v) is 13.1. The van der Waals surface area contributed by atoms with Gasteiger partial charge in [0.25, 0.3) is 10.0 Å². The Balaban J connectivity index is 1.40.